The number of carbonyl (C=O) groups excluding carboxylic acids is 2. The molecule has 1 rings (SSSR count). The number of hydrogen-bond acceptors (Lipinski definition) is 2. The van der Waals surface area contributed by atoms with Crippen molar-refractivity contribution in [1.29, 1.82) is 0 Å². The van der Waals surface area contributed by atoms with E-state index >= 15 is 0 Å². The molecule has 2 atom stereocenters. The van der Waals surface area contributed by atoms with Gasteiger partial charge in [-0.1, -0.05) is 20.3 Å². The summed E-state index contributed by atoms with van der Waals surface area (Å²) in [5, 5.41) is 5.64. The van der Waals surface area contributed by atoms with E-state index in [-0.39, 0.29) is 23.8 Å². The fourth-order valence-electron chi connectivity index (χ4n) is 1.92. The maximum Gasteiger partial charge on any atom is 0.242 e. The molecule has 86 valence electrons. The molecule has 0 radical (unpaired) electrons. The van der Waals surface area contributed by atoms with Crippen LogP contribution in [0.2, 0.25) is 0 Å². The van der Waals surface area contributed by atoms with Gasteiger partial charge in [0.2, 0.25) is 11.8 Å². The predicted molar refractivity (Wildman–Crippen MR) is 58.2 cm³/mol. The molecule has 0 unspecified atom stereocenters. The van der Waals surface area contributed by atoms with Crippen molar-refractivity contribution in [2.24, 2.45) is 5.92 Å². The van der Waals surface area contributed by atoms with Crippen LogP contribution in [0.3, 0.4) is 0 Å². The molecule has 1 aliphatic heterocycles. The van der Waals surface area contributed by atoms with Gasteiger partial charge in [0.15, 0.2) is 0 Å². The largest absolute Gasteiger partial charge is 0.354 e. The molecule has 0 aromatic carbocycles. The van der Waals surface area contributed by atoms with Gasteiger partial charge in [0.05, 0.1) is 0 Å². The normalized spacial score (nSPS) is 27.6. The Balaban J connectivity index is 2.57. The summed E-state index contributed by atoms with van der Waals surface area (Å²) < 4.78 is 0. The first-order valence-electron chi connectivity index (χ1n) is 5.74. The van der Waals surface area contributed by atoms with E-state index in [2.05, 4.69) is 17.6 Å². The van der Waals surface area contributed by atoms with Crippen molar-refractivity contribution >= 4 is 11.8 Å². The summed E-state index contributed by atoms with van der Waals surface area (Å²) in [6.45, 7) is 4.62. The fourth-order valence-corrected chi connectivity index (χ4v) is 1.92. The molecule has 1 heterocycles. The molecule has 0 spiro atoms. The maximum absolute atomic E-state index is 11.6. The van der Waals surface area contributed by atoms with Gasteiger partial charge in [0.1, 0.15) is 6.04 Å². The third-order valence-electron chi connectivity index (χ3n) is 2.80. The Labute approximate surface area is 90.8 Å². The lowest BCUT2D eigenvalue weighted by Gasteiger charge is -2.24. The minimum Gasteiger partial charge on any atom is -0.354 e. The molecule has 1 saturated heterocycles. The van der Waals surface area contributed by atoms with Gasteiger partial charge in [-0.3, -0.25) is 9.59 Å². The van der Waals surface area contributed by atoms with Crippen molar-refractivity contribution < 1.29 is 9.59 Å². The summed E-state index contributed by atoms with van der Waals surface area (Å²) in [5.74, 6) is 0.249. The van der Waals surface area contributed by atoms with Crippen LogP contribution < -0.4 is 10.6 Å². The molecule has 0 aromatic heterocycles. The van der Waals surface area contributed by atoms with Gasteiger partial charge in [0.25, 0.3) is 0 Å². The van der Waals surface area contributed by atoms with E-state index < -0.39 is 0 Å². The molecule has 2 amide bonds. The summed E-state index contributed by atoms with van der Waals surface area (Å²) in [5.41, 5.74) is 0. The first kappa shape index (κ1) is 12.0. The highest BCUT2D eigenvalue weighted by Gasteiger charge is 2.24. The highest BCUT2D eigenvalue weighted by Crippen LogP contribution is 2.12. The van der Waals surface area contributed by atoms with Crippen LogP contribution in [0.25, 0.3) is 0 Å². The van der Waals surface area contributed by atoms with Crippen LogP contribution in [0.5, 0.6) is 0 Å². The van der Waals surface area contributed by atoms with Crippen LogP contribution in [0, 0.1) is 5.92 Å². The number of rotatable bonds is 3. The second kappa shape index (κ2) is 5.73. The standard InChI is InChI=1S/C11H20N2O2/c1-3-5-8-6-10(14)13-9(4-2)11(15)12-7-8/h8-9H,3-7H2,1-2H3,(H,12,15)(H,13,14)/t8-,9+/m1/s1. The molecule has 2 N–H and O–H groups in total. The average molecular weight is 212 g/mol. The lowest BCUT2D eigenvalue weighted by molar-refractivity contribution is -0.131. The van der Waals surface area contributed by atoms with Crippen molar-refractivity contribution in [3.05, 3.63) is 0 Å². The van der Waals surface area contributed by atoms with Gasteiger partial charge in [-0.25, -0.2) is 0 Å². The van der Waals surface area contributed by atoms with Crippen molar-refractivity contribution in [2.75, 3.05) is 6.54 Å². The van der Waals surface area contributed by atoms with Gasteiger partial charge in [0, 0.05) is 13.0 Å². The zero-order valence-corrected chi connectivity index (χ0v) is 9.51. The van der Waals surface area contributed by atoms with E-state index in [0.29, 0.717) is 19.4 Å². The zero-order chi connectivity index (χ0) is 11.3. The second-order valence-electron chi connectivity index (χ2n) is 4.13. The second-order valence-corrected chi connectivity index (χ2v) is 4.13. The molecule has 0 saturated carbocycles. The quantitative estimate of drug-likeness (QED) is 0.727. The van der Waals surface area contributed by atoms with Crippen molar-refractivity contribution in [3.8, 4) is 0 Å². The average Bonchev–Trinajstić information content (AvgIpc) is 2.20. The van der Waals surface area contributed by atoms with E-state index in [0.717, 1.165) is 12.8 Å². The minimum absolute atomic E-state index is 0.00940. The molecule has 4 nitrogen and oxygen atoms in total. The fraction of sp³-hybridized carbons (Fsp3) is 0.818. The van der Waals surface area contributed by atoms with Crippen LogP contribution in [0.4, 0.5) is 0 Å². The zero-order valence-electron chi connectivity index (χ0n) is 9.51. The lowest BCUT2D eigenvalue weighted by Crippen LogP contribution is -2.50. The molecule has 4 heteroatoms. The van der Waals surface area contributed by atoms with Gasteiger partial charge in [-0.05, 0) is 18.8 Å². The number of nitrogens with one attached hydrogen (secondary N) is 2. The van der Waals surface area contributed by atoms with Crippen LogP contribution in [0.1, 0.15) is 39.5 Å². The van der Waals surface area contributed by atoms with E-state index in [1.54, 1.807) is 0 Å². The summed E-state index contributed by atoms with van der Waals surface area (Å²) in [7, 11) is 0. The van der Waals surface area contributed by atoms with Gasteiger partial charge in [-0.15, -0.1) is 0 Å². The Kier molecular flexibility index (Phi) is 4.59. The Hall–Kier alpha value is -1.06. The molecule has 15 heavy (non-hydrogen) atoms. The molecular weight excluding hydrogens is 192 g/mol. The van der Waals surface area contributed by atoms with Crippen molar-refractivity contribution in [1.82, 2.24) is 10.6 Å². The molecule has 1 aliphatic rings. The lowest BCUT2D eigenvalue weighted by atomic mass is 9.97. The molecule has 0 aliphatic carbocycles. The third-order valence-corrected chi connectivity index (χ3v) is 2.80. The van der Waals surface area contributed by atoms with Crippen LogP contribution in [0.15, 0.2) is 0 Å². The monoisotopic (exact) mass is 212 g/mol. The minimum atomic E-state index is -0.347. The van der Waals surface area contributed by atoms with Crippen molar-refractivity contribution in [2.45, 2.75) is 45.6 Å². The molecule has 0 aromatic rings. The van der Waals surface area contributed by atoms with Crippen LogP contribution >= 0.6 is 0 Å². The Morgan fingerprint density at radius 2 is 2.07 bits per heavy atom. The first-order valence-corrected chi connectivity index (χ1v) is 5.74. The highest BCUT2D eigenvalue weighted by atomic mass is 16.2. The molecule has 1 fully saturated rings. The summed E-state index contributed by atoms with van der Waals surface area (Å²) >= 11 is 0. The topological polar surface area (TPSA) is 58.2 Å². The van der Waals surface area contributed by atoms with E-state index in [1.807, 2.05) is 6.92 Å². The van der Waals surface area contributed by atoms with E-state index in [9.17, 15) is 9.59 Å². The molecular formula is C11H20N2O2. The first-order chi connectivity index (χ1) is 7.17. The van der Waals surface area contributed by atoms with E-state index in [4.69, 9.17) is 0 Å². The Morgan fingerprint density at radius 3 is 2.67 bits per heavy atom. The number of amides is 2. The van der Waals surface area contributed by atoms with Crippen LogP contribution in [-0.2, 0) is 9.59 Å². The maximum atomic E-state index is 11.6. The van der Waals surface area contributed by atoms with Gasteiger partial charge < -0.3 is 10.6 Å². The van der Waals surface area contributed by atoms with E-state index in [1.165, 1.54) is 0 Å². The summed E-state index contributed by atoms with van der Waals surface area (Å²) in [6, 6.07) is -0.347. The number of hydrogen-bond donors (Lipinski definition) is 2. The van der Waals surface area contributed by atoms with Gasteiger partial charge in [-0.2, -0.15) is 0 Å². The third kappa shape index (κ3) is 3.53. The Bertz CT molecular complexity index is 241. The van der Waals surface area contributed by atoms with Crippen molar-refractivity contribution in [3.63, 3.8) is 0 Å². The smallest absolute Gasteiger partial charge is 0.242 e. The summed E-state index contributed by atoms with van der Waals surface area (Å²) in [6.07, 6.45) is 3.22. The summed E-state index contributed by atoms with van der Waals surface area (Å²) in [4.78, 5) is 23.1. The molecule has 0 bridgehead atoms. The SMILES string of the molecule is CCC[C@H]1CNC(=O)[C@H](CC)NC(=O)C1. The Morgan fingerprint density at radius 1 is 1.33 bits per heavy atom. The number of carbonyl (C=O) groups is 2. The van der Waals surface area contributed by atoms with Gasteiger partial charge >= 0.3 is 0 Å². The van der Waals surface area contributed by atoms with Crippen LogP contribution in [-0.4, -0.2) is 24.4 Å². The predicted octanol–water partition coefficient (Wildman–Crippen LogP) is 0.817. The highest BCUT2D eigenvalue weighted by molar-refractivity contribution is 5.88.